The molecule has 0 saturated carbocycles. The smallest absolute Gasteiger partial charge is 0.326 e. The van der Waals surface area contributed by atoms with Crippen molar-refractivity contribution in [1.29, 1.82) is 0 Å². The third-order valence-corrected chi connectivity index (χ3v) is 6.21. The van der Waals surface area contributed by atoms with Gasteiger partial charge in [-0.25, -0.2) is 18.4 Å². The van der Waals surface area contributed by atoms with Crippen molar-refractivity contribution < 1.29 is 21.6 Å². The molecule has 0 saturated heterocycles. The van der Waals surface area contributed by atoms with Gasteiger partial charge in [0.1, 0.15) is 17.0 Å². The van der Waals surface area contributed by atoms with Crippen LogP contribution in [0, 0.1) is 0 Å². The minimum absolute atomic E-state index is 0.0150. The molecule has 28 heavy (non-hydrogen) atoms. The number of pyridine rings is 1. The number of H-pyrrole nitrogens is 1. The molecule has 0 amide bonds. The SMILES string of the molecule is CCS(=O)(=O)c1cc2nn[nH]c2cc1-c1nc2cc(C(F)(F)F)ncc2n1C. The normalized spacial score (nSPS) is 12.9. The van der Waals surface area contributed by atoms with Gasteiger partial charge < -0.3 is 4.57 Å². The highest BCUT2D eigenvalue weighted by Gasteiger charge is 2.33. The fraction of sp³-hybridized carbons (Fsp3) is 0.250. The fourth-order valence-electron chi connectivity index (χ4n) is 2.95. The number of aromatic nitrogens is 6. The van der Waals surface area contributed by atoms with Crippen LogP contribution >= 0.6 is 0 Å². The van der Waals surface area contributed by atoms with Gasteiger partial charge in [0, 0.05) is 12.6 Å². The maximum Gasteiger partial charge on any atom is 0.433 e. The Bertz CT molecular complexity index is 1320. The number of nitrogens with one attached hydrogen (secondary N) is 1. The number of sulfone groups is 1. The summed E-state index contributed by atoms with van der Waals surface area (Å²) in [7, 11) is -2.08. The van der Waals surface area contributed by atoms with E-state index in [1.54, 1.807) is 7.05 Å². The lowest BCUT2D eigenvalue weighted by Crippen LogP contribution is -2.07. The number of aryl methyl sites for hydroxylation is 1. The Morgan fingerprint density at radius 2 is 1.93 bits per heavy atom. The summed E-state index contributed by atoms with van der Waals surface area (Å²) in [4.78, 5) is 7.69. The zero-order valence-electron chi connectivity index (χ0n) is 14.6. The third-order valence-electron chi connectivity index (χ3n) is 4.44. The van der Waals surface area contributed by atoms with Gasteiger partial charge in [-0.15, -0.1) is 5.10 Å². The van der Waals surface area contributed by atoms with E-state index >= 15 is 0 Å². The number of hydrogen-bond acceptors (Lipinski definition) is 6. The predicted molar refractivity (Wildman–Crippen MR) is 94.1 cm³/mol. The van der Waals surface area contributed by atoms with Crippen molar-refractivity contribution in [3.63, 3.8) is 0 Å². The highest BCUT2D eigenvalue weighted by atomic mass is 32.2. The molecule has 0 aliphatic rings. The van der Waals surface area contributed by atoms with Crippen LogP contribution in [0.15, 0.2) is 29.3 Å². The number of rotatable bonds is 3. The molecule has 0 atom stereocenters. The topological polar surface area (TPSA) is 106 Å². The van der Waals surface area contributed by atoms with E-state index in [-0.39, 0.29) is 27.6 Å². The highest BCUT2D eigenvalue weighted by Crippen LogP contribution is 2.34. The Morgan fingerprint density at radius 1 is 1.18 bits per heavy atom. The summed E-state index contributed by atoms with van der Waals surface area (Å²) in [6.45, 7) is 1.50. The number of fused-ring (bicyclic) bond motifs is 2. The van der Waals surface area contributed by atoms with Crippen LogP contribution < -0.4 is 0 Å². The molecule has 0 bridgehead atoms. The van der Waals surface area contributed by atoms with Crippen LogP contribution in [0.3, 0.4) is 0 Å². The molecule has 8 nitrogen and oxygen atoms in total. The number of nitrogens with zero attached hydrogens (tertiary/aromatic N) is 5. The summed E-state index contributed by atoms with van der Waals surface area (Å²) in [5, 5.41) is 10.1. The molecule has 146 valence electrons. The minimum Gasteiger partial charge on any atom is -0.326 e. The molecule has 0 fully saturated rings. The zero-order valence-corrected chi connectivity index (χ0v) is 15.4. The molecule has 4 rings (SSSR count). The van der Waals surface area contributed by atoms with E-state index in [0.29, 0.717) is 16.6 Å². The molecule has 3 aromatic heterocycles. The molecule has 0 unspecified atom stereocenters. The molecule has 4 aromatic rings. The van der Waals surface area contributed by atoms with Gasteiger partial charge in [-0.2, -0.15) is 13.2 Å². The van der Waals surface area contributed by atoms with E-state index in [9.17, 15) is 21.6 Å². The molecular weight excluding hydrogens is 397 g/mol. The summed E-state index contributed by atoms with van der Waals surface area (Å²) in [5.74, 6) is 0.0345. The molecule has 3 heterocycles. The molecule has 0 aliphatic heterocycles. The molecule has 1 aromatic carbocycles. The third kappa shape index (κ3) is 2.80. The largest absolute Gasteiger partial charge is 0.433 e. The van der Waals surface area contributed by atoms with Crippen LogP contribution in [-0.4, -0.2) is 44.1 Å². The van der Waals surface area contributed by atoms with Gasteiger partial charge in [0.2, 0.25) is 0 Å². The summed E-state index contributed by atoms with van der Waals surface area (Å²) >= 11 is 0. The first kappa shape index (κ1) is 18.3. The van der Waals surface area contributed by atoms with Crippen molar-refractivity contribution in [2.24, 2.45) is 7.05 Å². The average Bonchev–Trinajstić information content (AvgIpc) is 3.23. The first-order valence-electron chi connectivity index (χ1n) is 8.09. The molecule has 0 aliphatic carbocycles. The predicted octanol–water partition coefficient (Wildman–Crippen LogP) is 2.72. The number of aromatic amines is 1. The lowest BCUT2D eigenvalue weighted by atomic mass is 10.2. The molecular formula is C16H13F3N6O2S. The molecule has 12 heteroatoms. The quantitative estimate of drug-likeness (QED) is 0.557. The van der Waals surface area contributed by atoms with E-state index < -0.39 is 21.7 Å². The zero-order chi connectivity index (χ0) is 20.3. The first-order chi connectivity index (χ1) is 13.1. The number of halogens is 3. The maximum atomic E-state index is 13.0. The Hall–Kier alpha value is -3.02. The molecule has 0 spiro atoms. The summed E-state index contributed by atoms with van der Waals surface area (Å²) in [6.07, 6.45) is -3.54. The number of imidazole rings is 1. The monoisotopic (exact) mass is 410 g/mol. The maximum absolute atomic E-state index is 13.0. The van der Waals surface area contributed by atoms with Crippen molar-refractivity contribution >= 4 is 31.9 Å². The van der Waals surface area contributed by atoms with Crippen molar-refractivity contribution in [2.75, 3.05) is 5.75 Å². The second kappa shape index (κ2) is 5.99. The Morgan fingerprint density at radius 3 is 2.61 bits per heavy atom. The second-order valence-electron chi connectivity index (χ2n) is 6.13. The summed E-state index contributed by atoms with van der Waals surface area (Å²) in [5.41, 5.74) is 0.405. The Labute approximate surface area is 156 Å². The van der Waals surface area contributed by atoms with Crippen LogP contribution in [0.5, 0.6) is 0 Å². The van der Waals surface area contributed by atoms with Crippen LogP contribution in [-0.2, 0) is 23.1 Å². The van der Waals surface area contributed by atoms with E-state index in [1.165, 1.54) is 23.6 Å². The van der Waals surface area contributed by atoms with Crippen molar-refractivity contribution in [1.82, 2.24) is 29.9 Å². The number of benzene rings is 1. The summed E-state index contributed by atoms with van der Waals surface area (Å²) in [6, 6.07) is 3.74. The minimum atomic E-state index is -4.61. The van der Waals surface area contributed by atoms with Crippen LogP contribution in [0.1, 0.15) is 12.6 Å². The second-order valence-corrected chi connectivity index (χ2v) is 8.38. The summed E-state index contributed by atoms with van der Waals surface area (Å²) < 4.78 is 65.6. The van der Waals surface area contributed by atoms with E-state index in [2.05, 4.69) is 25.4 Å². The highest BCUT2D eigenvalue weighted by molar-refractivity contribution is 7.91. The van der Waals surface area contributed by atoms with Crippen molar-refractivity contribution in [3.8, 4) is 11.4 Å². The van der Waals surface area contributed by atoms with E-state index in [4.69, 9.17) is 0 Å². The van der Waals surface area contributed by atoms with Crippen molar-refractivity contribution in [3.05, 3.63) is 30.1 Å². The Kier molecular flexibility index (Phi) is 3.93. The lowest BCUT2D eigenvalue weighted by molar-refractivity contribution is -0.141. The van der Waals surface area contributed by atoms with E-state index in [0.717, 1.165) is 12.3 Å². The van der Waals surface area contributed by atoms with Gasteiger partial charge in [0.25, 0.3) is 0 Å². The first-order valence-corrected chi connectivity index (χ1v) is 9.74. The van der Waals surface area contributed by atoms with Crippen LogP contribution in [0.2, 0.25) is 0 Å². The van der Waals surface area contributed by atoms with Crippen LogP contribution in [0.4, 0.5) is 13.2 Å². The van der Waals surface area contributed by atoms with Gasteiger partial charge in [-0.1, -0.05) is 12.1 Å². The number of hydrogen-bond donors (Lipinski definition) is 1. The van der Waals surface area contributed by atoms with Crippen molar-refractivity contribution in [2.45, 2.75) is 18.0 Å². The van der Waals surface area contributed by atoms with Gasteiger partial charge in [0.15, 0.2) is 9.84 Å². The van der Waals surface area contributed by atoms with E-state index in [1.807, 2.05) is 0 Å². The molecule has 1 N–H and O–H groups in total. The van der Waals surface area contributed by atoms with Gasteiger partial charge in [-0.3, -0.25) is 5.10 Å². The average molecular weight is 410 g/mol. The van der Waals surface area contributed by atoms with Gasteiger partial charge in [0.05, 0.1) is 33.4 Å². The lowest BCUT2D eigenvalue weighted by Gasteiger charge is -2.10. The molecule has 0 radical (unpaired) electrons. The van der Waals surface area contributed by atoms with Crippen LogP contribution in [0.25, 0.3) is 33.5 Å². The van der Waals surface area contributed by atoms with Gasteiger partial charge >= 0.3 is 6.18 Å². The number of alkyl halides is 3. The Balaban J connectivity index is 2.03. The van der Waals surface area contributed by atoms with Gasteiger partial charge in [-0.05, 0) is 18.2 Å². The standard InChI is InChI=1S/C16H13F3N6O2S/c1-3-28(26,27)13-5-10-9(22-24-23-10)4-8(13)15-21-11-6-14(16(17,18)19)20-7-12(11)25(15)2/h4-7H,3H2,1-2H3,(H,22,23,24). The fourth-order valence-corrected chi connectivity index (χ4v) is 4.03.